The van der Waals surface area contributed by atoms with Gasteiger partial charge in [-0.3, -0.25) is 4.99 Å². The molecule has 0 aliphatic rings. The lowest BCUT2D eigenvalue weighted by Crippen LogP contribution is -2.38. The number of aryl methyl sites for hydroxylation is 1. The molecular formula is C17H27IN4O. The zero-order valence-corrected chi connectivity index (χ0v) is 16.2. The average molecular weight is 430 g/mol. The Morgan fingerprint density at radius 3 is 2.61 bits per heavy atom. The average Bonchev–Trinajstić information content (AvgIpc) is 2.97. The summed E-state index contributed by atoms with van der Waals surface area (Å²) in [5.41, 5.74) is 1.30. The molecule has 0 saturated carbocycles. The number of ether oxygens (including phenoxy) is 1. The van der Waals surface area contributed by atoms with Gasteiger partial charge in [-0.15, -0.1) is 24.0 Å². The van der Waals surface area contributed by atoms with Gasteiger partial charge in [0.1, 0.15) is 0 Å². The van der Waals surface area contributed by atoms with Crippen molar-refractivity contribution in [2.75, 3.05) is 33.9 Å². The van der Waals surface area contributed by atoms with E-state index in [-0.39, 0.29) is 24.0 Å². The largest absolute Gasteiger partial charge is 0.385 e. The molecule has 1 heterocycles. The molecule has 1 aromatic carbocycles. The molecule has 0 aliphatic carbocycles. The van der Waals surface area contributed by atoms with Crippen LogP contribution >= 0.6 is 24.0 Å². The van der Waals surface area contributed by atoms with Crippen LogP contribution in [-0.2, 0) is 11.3 Å². The zero-order chi connectivity index (χ0) is 15.6. The number of halogens is 1. The Labute approximate surface area is 155 Å². The lowest BCUT2D eigenvalue weighted by molar-refractivity contribution is 0.195. The molecule has 128 valence electrons. The van der Waals surface area contributed by atoms with Crippen molar-refractivity contribution in [3.63, 3.8) is 0 Å². The highest BCUT2D eigenvalue weighted by molar-refractivity contribution is 14.0. The first-order valence-corrected chi connectivity index (χ1v) is 7.82. The van der Waals surface area contributed by atoms with Gasteiger partial charge in [0.2, 0.25) is 0 Å². The van der Waals surface area contributed by atoms with Crippen LogP contribution < -0.4 is 10.6 Å². The third-order valence-electron chi connectivity index (χ3n) is 3.59. The molecule has 0 atom stereocenters. The summed E-state index contributed by atoms with van der Waals surface area (Å²) < 4.78 is 7.33. The summed E-state index contributed by atoms with van der Waals surface area (Å²) in [5.74, 6) is 0.855. The van der Waals surface area contributed by atoms with Gasteiger partial charge in [-0.2, -0.15) is 0 Å². The lowest BCUT2D eigenvalue weighted by atomic mass is 10.2. The number of aromatic nitrogens is 1. The van der Waals surface area contributed by atoms with Crippen LogP contribution in [0.5, 0.6) is 0 Å². The van der Waals surface area contributed by atoms with E-state index >= 15 is 0 Å². The van der Waals surface area contributed by atoms with E-state index in [1.807, 2.05) is 0 Å². The fourth-order valence-electron chi connectivity index (χ4n) is 2.44. The Balaban J connectivity index is 0.00000264. The SMILES string of the molecule is CN=C(NCCCOC)NCCCn1ccc2ccccc21.I. The van der Waals surface area contributed by atoms with E-state index in [0.717, 1.165) is 45.0 Å². The summed E-state index contributed by atoms with van der Waals surface area (Å²) >= 11 is 0. The second-order valence-electron chi connectivity index (χ2n) is 5.19. The smallest absolute Gasteiger partial charge is 0.190 e. The van der Waals surface area contributed by atoms with E-state index < -0.39 is 0 Å². The van der Waals surface area contributed by atoms with Crippen LogP contribution in [0.2, 0.25) is 0 Å². The van der Waals surface area contributed by atoms with Crippen LogP contribution in [0.3, 0.4) is 0 Å². The molecule has 2 N–H and O–H groups in total. The van der Waals surface area contributed by atoms with E-state index in [0.29, 0.717) is 0 Å². The van der Waals surface area contributed by atoms with Crippen molar-refractivity contribution in [1.82, 2.24) is 15.2 Å². The summed E-state index contributed by atoms with van der Waals surface area (Å²) in [4.78, 5) is 4.22. The predicted octanol–water partition coefficient (Wildman–Crippen LogP) is 2.85. The number of aliphatic imine (C=N–C) groups is 1. The van der Waals surface area contributed by atoms with E-state index in [1.165, 1.54) is 10.9 Å². The van der Waals surface area contributed by atoms with Crippen molar-refractivity contribution in [2.45, 2.75) is 19.4 Å². The summed E-state index contributed by atoms with van der Waals surface area (Å²) in [6.45, 7) is 3.54. The second-order valence-corrected chi connectivity index (χ2v) is 5.19. The topological polar surface area (TPSA) is 50.6 Å². The number of nitrogens with zero attached hydrogens (tertiary/aromatic N) is 2. The molecule has 0 saturated heterocycles. The highest BCUT2D eigenvalue weighted by atomic mass is 127. The van der Waals surface area contributed by atoms with Gasteiger partial charge in [0.05, 0.1) is 0 Å². The molecule has 5 nitrogen and oxygen atoms in total. The fourth-order valence-corrected chi connectivity index (χ4v) is 2.44. The van der Waals surface area contributed by atoms with Gasteiger partial charge in [-0.05, 0) is 30.4 Å². The van der Waals surface area contributed by atoms with Crippen molar-refractivity contribution in [2.24, 2.45) is 4.99 Å². The van der Waals surface area contributed by atoms with Gasteiger partial charge in [0, 0.05) is 52.1 Å². The van der Waals surface area contributed by atoms with Crippen molar-refractivity contribution in [3.8, 4) is 0 Å². The molecule has 0 unspecified atom stereocenters. The van der Waals surface area contributed by atoms with Crippen LogP contribution in [0.15, 0.2) is 41.5 Å². The Kier molecular flexibility index (Phi) is 9.70. The van der Waals surface area contributed by atoms with Crippen LogP contribution in [0.1, 0.15) is 12.8 Å². The normalized spacial score (nSPS) is 11.3. The van der Waals surface area contributed by atoms with E-state index in [2.05, 4.69) is 56.7 Å². The molecule has 0 fully saturated rings. The van der Waals surface area contributed by atoms with Gasteiger partial charge in [-0.25, -0.2) is 0 Å². The first kappa shape index (κ1) is 19.8. The molecular weight excluding hydrogens is 403 g/mol. The Hall–Kier alpha value is -1.28. The monoisotopic (exact) mass is 430 g/mol. The minimum atomic E-state index is 0. The van der Waals surface area contributed by atoms with Gasteiger partial charge in [0.25, 0.3) is 0 Å². The maximum Gasteiger partial charge on any atom is 0.190 e. The molecule has 0 amide bonds. The molecule has 0 radical (unpaired) electrons. The number of benzene rings is 1. The Morgan fingerprint density at radius 1 is 1.13 bits per heavy atom. The number of guanidine groups is 1. The predicted molar refractivity (Wildman–Crippen MR) is 108 cm³/mol. The zero-order valence-electron chi connectivity index (χ0n) is 13.9. The number of para-hydroxylation sites is 1. The Bertz CT molecular complexity index is 597. The van der Waals surface area contributed by atoms with Crippen LogP contribution in [-0.4, -0.2) is 44.4 Å². The summed E-state index contributed by atoms with van der Waals surface area (Å²) in [7, 11) is 3.52. The Morgan fingerprint density at radius 2 is 1.87 bits per heavy atom. The van der Waals surface area contributed by atoms with Gasteiger partial charge < -0.3 is 19.9 Å². The van der Waals surface area contributed by atoms with Crippen LogP contribution in [0, 0.1) is 0 Å². The van der Waals surface area contributed by atoms with Crippen LogP contribution in [0.25, 0.3) is 10.9 Å². The molecule has 0 aliphatic heterocycles. The molecule has 2 aromatic rings. The van der Waals surface area contributed by atoms with E-state index in [9.17, 15) is 0 Å². The summed E-state index contributed by atoms with van der Waals surface area (Å²) in [6, 6.07) is 10.6. The van der Waals surface area contributed by atoms with Crippen LogP contribution in [0.4, 0.5) is 0 Å². The van der Waals surface area contributed by atoms with Crippen molar-refractivity contribution in [1.29, 1.82) is 0 Å². The number of methoxy groups -OCH3 is 1. The summed E-state index contributed by atoms with van der Waals surface area (Å²) in [5, 5.41) is 7.92. The second kappa shape index (κ2) is 11.3. The number of fused-ring (bicyclic) bond motifs is 1. The number of hydrogen-bond donors (Lipinski definition) is 2. The fraction of sp³-hybridized carbons (Fsp3) is 0.471. The molecule has 23 heavy (non-hydrogen) atoms. The molecule has 6 heteroatoms. The highest BCUT2D eigenvalue weighted by Crippen LogP contribution is 2.15. The number of hydrogen-bond acceptors (Lipinski definition) is 2. The van der Waals surface area contributed by atoms with Gasteiger partial charge in [0.15, 0.2) is 5.96 Å². The summed E-state index contributed by atoms with van der Waals surface area (Å²) in [6.07, 6.45) is 4.19. The maximum atomic E-state index is 5.03. The molecule has 2 rings (SSSR count). The van der Waals surface area contributed by atoms with E-state index in [1.54, 1.807) is 14.2 Å². The molecule has 0 spiro atoms. The minimum Gasteiger partial charge on any atom is -0.385 e. The lowest BCUT2D eigenvalue weighted by Gasteiger charge is -2.12. The highest BCUT2D eigenvalue weighted by Gasteiger charge is 2.00. The number of rotatable bonds is 8. The van der Waals surface area contributed by atoms with Crippen molar-refractivity contribution < 1.29 is 4.74 Å². The van der Waals surface area contributed by atoms with Crippen molar-refractivity contribution in [3.05, 3.63) is 36.5 Å². The van der Waals surface area contributed by atoms with Crippen molar-refractivity contribution >= 4 is 40.8 Å². The van der Waals surface area contributed by atoms with Gasteiger partial charge in [-0.1, -0.05) is 18.2 Å². The standard InChI is InChI=1S/C17H26N4O.HI/c1-18-17(20-11-6-14-22-2)19-10-5-12-21-13-9-15-7-3-4-8-16(15)21;/h3-4,7-9,13H,5-6,10-12,14H2,1-2H3,(H2,18,19,20);1H. The first-order valence-electron chi connectivity index (χ1n) is 7.82. The van der Waals surface area contributed by atoms with Gasteiger partial charge >= 0.3 is 0 Å². The first-order chi connectivity index (χ1) is 10.8. The quantitative estimate of drug-likeness (QED) is 0.293. The number of nitrogens with one attached hydrogen (secondary N) is 2. The third kappa shape index (κ3) is 6.39. The minimum absolute atomic E-state index is 0. The molecule has 1 aromatic heterocycles. The molecule has 0 bridgehead atoms. The van der Waals surface area contributed by atoms with E-state index in [4.69, 9.17) is 4.74 Å². The third-order valence-corrected chi connectivity index (χ3v) is 3.59. The maximum absolute atomic E-state index is 5.03.